The summed E-state index contributed by atoms with van der Waals surface area (Å²) in [6.07, 6.45) is -9.63. The summed E-state index contributed by atoms with van der Waals surface area (Å²) in [5, 5.41) is 26.3. The van der Waals surface area contributed by atoms with Crippen molar-refractivity contribution in [1.29, 1.82) is 0 Å². The molecule has 0 aliphatic heterocycles. The van der Waals surface area contributed by atoms with Gasteiger partial charge in [-0.2, -0.15) is 17.5 Å². The largest absolute Gasteiger partial charge is 0.453 e. The van der Waals surface area contributed by atoms with Crippen molar-refractivity contribution in [2.45, 2.75) is 60.5 Å². The van der Waals surface area contributed by atoms with Crippen LogP contribution in [0.2, 0.25) is 0 Å². The molecule has 54 heavy (non-hydrogen) atoms. The van der Waals surface area contributed by atoms with Crippen molar-refractivity contribution in [3.63, 3.8) is 0 Å². The lowest BCUT2D eigenvalue weighted by Crippen LogP contribution is -2.46. The molecular weight excluding hydrogens is 754 g/mol. The Morgan fingerprint density at radius 1 is 0.963 bits per heavy atom. The molecule has 290 valence electrons. The predicted molar refractivity (Wildman–Crippen MR) is 193 cm³/mol. The molecule has 1 heterocycles. The van der Waals surface area contributed by atoms with Crippen LogP contribution in [0, 0.1) is 5.92 Å². The van der Waals surface area contributed by atoms with Crippen LogP contribution in [0.4, 0.5) is 26.7 Å². The van der Waals surface area contributed by atoms with E-state index in [0.717, 1.165) is 51.0 Å². The third-order valence-electron chi connectivity index (χ3n) is 9.23. The molecule has 0 radical (unpaired) electrons. The van der Waals surface area contributed by atoms with E-state index in [4.69, 9.17) is 4.74 Å². The first-order chi connectivity index (χ1) is 25.5. The second-order valence-electron chi connectivity index (χ2n) is 13.0. The highest BCUT2D eigenvalue weighted by atomic mass is 32.2. The van der Waals surface area contributed by atoms with Gasteiger partial charge in [0.25, 0.3) is 0 Å². The van der Waals surface area contributed by atoms with Crippen LogP contribution in [0.25, 0.3) is 0 Å². The molecule has 4 aromatic rings. The molecular formula is C38H40F5N3O6S2. The van der Waals surface area contributed by atoms with Gasteiger partial charge < -0.3 is 25.6 Å². The van der Waals surface area contributed by atoms with E-state index >= 15 is 0 Å². The Kier molecular flexibility index (Phi) is 12.8. The average Bonchev–Trinajstić information content (AvgIpc) is 3.61. The van der Waals surface area contributed by atoms with Crippen LogP contribution >= 0.6 is 11.3 Å². The van der Waals surface area contributed by atoms with Gasteiger partial charge in [-0.25, -0.2) is 22.0 Å². The number of nitrogens with zero attached hydrogens (tertiary/aromatic N) is 1. The molecule has 5 rings (SSSR count). The highest BCUT2D eigenvalue weighted by molar-refractivity contribution is 7.89. The minimum atomic E-state index is -4.98. The number of thiophene rings is 1. The fourth-order valence-electron chi connectivity index (χ4n) is 6.47. The molecule has 0 bridgehead atoms. The van der Waals surface area contributed by atoms with Gasteiger partial charge in [-0.3, -0.25) is 0 Å². The number of hydrogen-bond donors (Lipinski definition) is 4. The Morgan fingerprint density at radius 3 is 2.04 bits per heavy atom. The van der Waals surface area contributed by atoms with E-state index in [0.29, 0.717) is 15.5 Å². The third-order valence-corrected chi connectivity index (χ3v) is 12.3. The van der Waals surface area contributed by atoms with Gasteiger partial charge in [-0.15, -0.1) is 11.3 Å². The molecule has 3 atom stereocenters. The highest BCUT2D eigenvalue weighted by Crippen LogP contribution is 2.45. The standard InChI is InChI=1S/C38H40F5N3O6S2/c1-24(34(45-36(49)52-2)33(26-9-5-3-6-10-26)27-11-7-4-8-12-27)44-21-29-15-18-32(53-29)31(23-47)46(22-25-19-37(39,40)20-25)54(50,51)30-16-13-28(14-17-30)35(48)38(41,42)43/h3-18,25,31,33-35,44,47-48H,1,19-23H2,2H3,(H,45,49)/t31-,34-,35?/m1/s1. The fraction of sp³-hybridized carbons (Fsp3) is 0.342. The van der Waals surface area contributed by atoms with Crippen molar-refractivity contribution in [2.75, 3.05) is 20.3 Å². The number of benzene rings is 3. The van der Waals surface area contributed by atoms with Crippen molar-refractivity contribution in [3.05, 3.63) is 136 Å². The number of methoxy groups -OCH3 is 1. The van der Waals surface area contributed by atoms with Gasteiger partial charge in [0.1, 0.15) is 0 Å². The number of hydrogen-bond acceptors (Lipinski definition) is 8. The van der Waals surface area contributed by atoms with Crippen molar-refractivity contribution in [2.24, 2.45) is 5.92 Å². The van der Waals surface area contributed by atoms with Crippen molar-refractivity contribution in [1.82, 2.24) is 14.9 Å². The lowest BCUT2D eigenvalue weighted by molar-refractivity contribution is -0.206. The van der Waals surface area contributed by atoms with E-state index < -0.39 is 82.2 Å². The summed E-state index contributed by atoms with van der Waals surface area (Å²) in [7, 11) is -3.31. The summed E-state index contributed by atoms with van der Waals surface area (Å²) in [4.78, 5) is 13.2. The SMILES string of the molecule is C=C(NCc1ccc([C@@H](CO)N(CC2CC(F)(F)C2)S(=O)(=O)c2ccc(C(O)C(F)(F)F)cc2)s1)[C@@H](NC(=O)OC)C(c1ccccc1)c1ccccc1. The molecule has 1 unspecified atom stereocenters. The van der Waals surface area contributed by atoms with Crippen molar-refractivity contribution < 1.29 is 50.1 Å². The van der Waals surface area contributed by atoms with Crippen LogP contribution in [0.1, 0.15) is 57.4 Å². The summed E-state index contributed by atoms with van der Waals surface area (Å²) in [6.45, 7) is 3.29. The molecule has 3 aromatic carbocycles. The molecule has 1 aromatic heterocycles. The Labute approximate surface area is 314 Å². The monoisotopic (exact) mass is 793 g/mol. The Bertz CT molecular complexity index is 1930. The molecule has 1 amide bonds. The molecule has 4 N–H and O–H groups in total. The van der Waals surface area contributed by atoms with E-state index in [1.54, 1.807) is 12.1 Å². The average molecular weight is 794 g/mol. The maximum absolute atomic E-state index is 14.0. The molecule has 0 saturated heterocycles. The van der Waals surface area contributed by atoms with E-state index in [9.17, 15) is 45.4 Å². The summed E-state index contributed by atoms with van der Waals surface area (Å²) >= 11 is 1.15. The minimum absolute atomic E-state index is 0.169. The van der Waals surface area contributed by atoms with Gasteiger partial charge in [0.2, 0.25) is 15.9 Å². The van der Waals surface area contributed by atoms with E-state index in [2.05, 4.69) is 17.2 Å². The lowest BCUT2D eigenvalue weighted by Gasteiger charge is -2.39. The first kappa shape index (κ1) is 40.8. The number of carbonyl (C=O) groups excluding carboxylic acids is 1. The molecule has 1 saturated carbocycles. The number of nitrogens with one attached hydrogen (secondary N) is 2. The van der Waals surface area contributed by atoms with Crippen LogP contribution < -0.4 is 10.6 Å². The highest BCUT2D eigenvalue weighted by Gasteiger charge is 2.48. The van der Waals surface area contributed by atoms with Gasteiger partial charge in [0, 0.05) is 47.3 Å². The Morgan fingerprint density at radius 2 is 1.54 bits per heavy atom. The quantitative estimate of drug-likeness (QED) is 0.0879. The second kappa shape index (κ2) is 17.0. The number of aliphatic hydroxyl groups is 2. The van der Waals surface area contributed by atoms with Crippen LogP contribution in [-0.2, 0) is 21.3 Å². The zero-order chi connectivity index (χ0) is 39.3. The van der Waals surface area contributed by atoms with Crippen LogP contribution in [-0.4, -0.2) is 67.4 Å². The first-order valence-electron chi connectivity index (χ1n) is 16.8. The third kappa shape index (κ3) is 9.65. The van der Waals surface area contributed by atoms with E-state index in [1.807, 2.05) is 60.7 Å². The maximum Gasteiger partial charge on any atom is 0.418 e. The van der Waals surface area contributed by atoms with Crippen LogP contribution in [0.15, 0.2) is 114 Å². The van der Waals surface area contributed by atoms with Crippen molar-refractivity contribution >= 4 is 27.5 Å². The smallest absolute Gasteiger partial charge is 0.418 e. The molecule has 9 nitrogen and oxygen atoms in total. The van der Waals surface area contributed by atoms with Crippen molar-refractivity contribution in [3.8, 4) is 0 Å². The van der Waals surface area contributed by atoms with Crippen LogP contribution in [0.3, 0.4) is 0 Å². The summed E-state index contributed by atoms with van der Waals surface area (Å²) in [5.41, 5.74) is 1.65. The number of carbonyl (C=O) groups is 1. The normalized spacial score (nSPS) is 16.3. The molecule has 0 spiro atoms. The molecule has 1 fully saturated rings. The number of rotatable bonds is 16. The topological polar surface area (TPSA) is 128 Å². The summed E-state index contributed by atoms with van der Waals surface area (Å²) in [6, 6.07) is 23.9. The molecule has 16 heteroatoms. The first-order valence-corrected chi connectivity index (χ1v) is 19.1. The Hall–Kier alpha value is -4.35. The fourth-order valence-corrected chi connectivity index (χ4v) is 9.26. The number of halogens is 5. The Balaban J connectivity index is 1.39. The number of aliphatic hydroxyl groups excluding tert-OH is 2. The summed E-state index contributed by atoms with van der Waals surface area (Å²) in [5.74, 6) is -4.08. The molecule has 1 aliphatic rings. The van der Waals surface area contributed by atoms with Gasteiger partial charge in [-0.05, 0) is 46.9 Å². The van der Waals surface area contributed by atoms with E-state index in [1.165, 1.54) is 7.11 Å². The van der Waals surface area contributed by atoms with Gasteiger partial charge in [-0.1, -0.05) is 79.4 Å². The van der Waals surface area contributed by atoms with Gasteiger partial charge in [0.15, 0.2) is 6.10 Å². The number of alkyl carbamates (subject to hydrolysis) is 1. The van der Waals surface area contributed by atoms with E-state index in [-0.39, 0.29) is 19.0 Å². The van der Waals surface area contributed by atoms with Gasteiger partial charge in [0.05, 0.1) is 30.7 Å². The molecule has 1 aliphatic carbocycles. The van der Waals surface area contributed by atoms with Crippen LogP contribution in [0.5, 0.6) is 0 Å². The minimum Gasteiger partial charge on any atom is -0.453 e. The predicted octanol–water partition coefficient (Wildman–Crippen LogP) is 7.27. The van der Waals surface area contributed by atoms with Gasteiger partial charge >= 0.3 is 12.3 Å². The zero-order valence-electron chi connectivity index (χ0n) is 29.0. The number of ether oxygens (including phenoxy) is 1. The number of sulfonamides is 1. The zero-order valence-corrected chi connectivity index (χ0v) is 30.7. The second-order valence-corrected chi connectivity index (χ2v) is 16.1. The number of amides is 1. The number of alkyl halides is 5. The summed E-state index contributed by atoms with van der Waals surface area (Å²) < 4.78 is 101. The lowest BCUT2D eigenvalue weighted by atomic mass is 9.81. The maximum atomic E-state index is 14.0.